The van der Waals surface area contributed by atoms with Gasteiger partial charge in [0.15, 0.2) is 9.84 Å². The Kier molecular flexibility index (Phi) is 7.05. The van der Waals surface area contributed by atoms with Gasteiger partial charge in [0.2, 0.25) is 5.91 Å². The Morgan fingerprint density at radius 1 is 1.03 bits per heavy atom. The van der Waals surface area contributed by atoms with E-state index in [0.29, 0.717) is 13.0 Å². The van der Waals surface area contributed by atoms with E-state index in [1.165, 1.54) is 11.1 Å². The van der Waals surface area contributed by atoms with E-state index in [0.717, 1.165) is 17.5 Å². The summed E-state index contributed by atoms with van der Waals surface area (Å²) in [6, 6.07) is 16.1. The van der Waals surface area contributed by atoms with E-state index in [-0.39, 0.29) is 28.9 Å². The SMILES string of the molecule is CCc1ccc(CN(C(=O)/C=C/c2ccc(C(C)(C)C)cc2)[C@@H]2CCS(=O)(=O)C2)cc1. The first-order valence-corrected chi connectivity index (χ1v) is 12.8. The quantitative estimate of drug-likeness (QED) is 0.609. The number of hydrogen-bond donors (Lipinski definition) is 0. The van der Waals surface area contributed by atoms with Crippen molar-refractivity contribution < 1.29 is 13.2 Å². The summed E-state index contributed by atoms with van der Waals surface area (Å²) in [5.74, 6) is 0.0373. The fraction of sp³-hybridized carbons (Fsp3) is 0.423. The molecule has 0 aliphatic carbocycles. The molecule has 2 aromatic carbocycles. The summed E-state index contributed by atoms with van der Waals surface area (Å²) in [7, 11) is -3.08. The van der Waals surface area contributed by atoms with Crippen LogP contribution in [0.15, 0.2) is 54.6 Å². The summed E-state index contributed by atoms with van der Waals surface area (Å²) in [5, 5.41) is 0. The number of rotatable bonds is 6. The van der Waals surface area contributed by atoms with Crippen LogP contribution in [0, 0.1) is 0 Å². The number of hydrogen-bond acceptors (Lipinski definition) is 3. The number of sulfone groups is 1. The van der Waals surface area contributed by atoms with Gasteiger partial charge in [0.1, 0.15) is 0 Å². The Balaban J connectivity index is 1.78. The first-order valence-electron chi connectivity index (χ1n) is 10.9. The highest BCUT2D eigenvalue weighted by atomic mass is 32.2. The van der Waals surface area contributed by atoms with Crippen molar-refractivity contribution in [3.63, 3.8) is 0 Å². The van der Waals surface area contributed by atoms with Crippen molar-refractivity contribution in [3.8, 4) is 0 Å². The Hall–Kier alpha value is -2.40. The normalized spacial score (nSPS) is 18.4. The molecule has 0 aromatic heterocycles. The van der Waals surface area contributed by atoms with Crippen LogP contribution in [-0.2, 0) is 33.0 Å². The predicted molar refractivity (Wildman–Crippen MR) is 128 cm³/mol. The Labute approximate surface area is 186 Å². The number of carbonyl (C=O) groups is 1. The molecule has 1 fully saturated rings. The lowest BCUT2D eigenvalue weighted by Gasteiger charge is -2.27. The van der Waals surface area contributed by atoms with Gasteiger partial charge in [0, 0.05) is 18.7 Å². The van der Waals surface area contributed by atoms with Gasteiger partial charge in [-0.05, 0) is 46.6 Å². The van der Waals surface area contributed by atoms with Crippen molar-refractivity contribution in [2.24, 2.45) is 0 Å². The van der Waals surface area contributed by atoms with Gasteiger partial charge in [-0.1, -0.05) is 76.2 Å². The highest BCUT2D eigenvalue weighted by Crippen LogP contribution is 2.23. The minimum Gasteiger partial charge on any atom is -0.331 e. The highest BCUT2D eigenvalue weighted by Gasteiger charge is 2.34. The fourth-order valence-corrected chi connectivity index (χ4v) is 5.57. The van der Waals surface area contributed by atoms with Gasteiger partial charge in [-0.15, -0.1) is 0 Å². The van der Waals surface area contributed by atoms with Gasteiger partial charge < -0.3 is 4.90 Å². The maximum absolute atomic E-state index is 13.1. The molecule has 1 aliphatic heterocycles. The second-order valence-corrected chi connectivity index (χ2v) is 11.6. The van der Waals surface area contributed by atoms with E-state index in [9.17, 15) is 13.2 Å². The monoisotopic (exact) mass is 439 g/mol. The summed E-state index contributed by atoms with van der Waals surface area (Å²) >= 11 is 0. The summed E-state index contributed by atoms with van der Waals surface area (Å²) in [4.78, 5) is 14.8. The van der Waals surface area contributed by atoms with Gasteiger partial charge in [-0.25, -0.2) is 8.42 Å². The maximum Gasteiger partial charge on any atom is 0.247 e. The first kappa shape index (κ1) is 23.3. The van der Waals surface area contributed by atoms with Crippen molar-refractivity contribution in [1.82, 2.24) is 4.90 Å². The lowest BCUT2D eigenvalue weighted by atomic mass is 9.87. The third-order valence-electron chi connectivity index (χ3n) is 5.91. The molecular weight excluding hydrogens is 406 g/mol. The van der Waals surface area contributed by atoms with E-state index < -0.39 is 9.84 Å². The lowest BCUT2D eigenvalue weighted by Crippen LogP contribution is -2.39. The number of amides is 1. The maximum atomic E-state index is 13.1. The minimum absolute atomic E-state index is 0.0416. The molecular formula is C26H33NO3S. The summed E-state index contributed by atoms with van der Waals surface area (Å²) in [6.07, 6.45) is 4.83. The average molecular weight is 440 g/mol. The minimum atomic E-state index is -3.08. The van der Waals surface area contributed by atoms with Gasteiger partial charge in [-0.3, -0.25) is 4.79 Å². The van der Waals surface area contributed by atoms with Crippen molar-refractivity contribution in [1.29, 1.82) is 0 Å². The first-order chi connectivity index (χ1) is 14.6. The van der Waals surface area contributed by atoms with Gasteiger partial charge in [0.05, 0.1) is 11.5 Å². The summed E-state index contributed by atoms with van der Waals surface area (Å²) in [6.45, 7) is 9.02. The van der Waals surface area contributed by atoms with E-state index >= 15 is 0 Å². The average Bonchev–Trinajstić information content (AvgIpc) is 3.09. The van der Waals surface area contributed by atoms with Crippen LogP contribution in [0.3, 0.4) is 0 Å². The molecule has 1 atom stereocenters. The van der Waals surface area contributed by atoms with Crippen LogP contribution in [0.4, 0.5) is 0 Å². The number of nitrogens with zero attached hydrogens (tertiary/aromatic N) is 1. The van der Waals surface area contributed by atoms with Crippen LogP contribution in [0.5, 0.6) is 0 Å². The summed E-state index contributed by atoms with van der Waals surface area (Å²) in [5.41, 5.74) is 4.52. The number of aryl methyl sites for hydroxylation is 1. The fourth-order valence-electron chi connectivity index (χ4n) is 3.84. The van der Waals surface area contributed by atoms with Gasteiger partial charge >= 0.3 is 0 Å². The van der Waals surface area contributed by atoms with E-state index in [1.807, 2.05) is 30.3 Å². The van der Waals surface area contributed by atoms with Crippen LogP contribution in [0.1, 0.15) is 56.4 Å². The Morgan fingerprint density at radius 2 is 1.65 bits per heavy atom. The van der Waals surface area contributed by atoms with E-state index in [2.05, 4.69) is 52.0 Å². The van der Waals surface area contributed by atoms with Crippen molar-refractivity contribution in [2.45, 2.75) is 58.5 Å². The third-order valence-corrected chi connectivity index (χ3v) is 7.66. The second-order valence-electron chi connectivity index (χ2n) is 9.40. The van der Waals surface area contributed by atoms with Crippen molar-refractivity contribution in [2.75, 3.05) is 11.5 Å². The van der Waals surface area contributed by atoms with Gasteiger partial charge in [-0.2, -0.15) is 0 Å². The molecule has 0 saturated carbocycles. The molecule has 0 N–H and O–H groups in total. The molecule has 0 bridgehead atoms. The second kappa shape index (κ2) is 9.39. The molecule has 1 saturated heterocycles. The molecule has 1 heterocycles. The smallest absolute Gasteiger partial charge is 0.247 e. The zero-order valence-electron chi connectivity index (χ0n) is 19.0. The molecule has 0 spiro atoms. The van der Waals surface area contributed by atoms with Crippen LogP contribution in [-0.4, -0.2) is 36.8 Å². The molecule has 0 radical (unpaired) electrons. The van der Waals surface area contributed by atoms with E-state index in [1.54, 1.807) is 11.0 Å². The Morgan fingerprint density at radius 3 is 2.16 bits per heavy atom. The van der Waals surface area contributed by atoms with Crippen LogP contribution < -0.4 is 0 Å². The van der Waals surface area contributed by atoms with E-state index in [4.69, 9.17) is 0 Å². The predicted octanol–water partition coefficient (Wildman–Crippen LogP) is 4.78. The molecule has 5 heteroatoms. The number of carbonyl (C=O) groups excluding carboxylic acids is 1. The topological polar surface area (TPSA) is 54.5 Å². The zero-order valence-corrected chi connectivity index (χ0v) is 19.8. The molecule has 2 aromatic rings. The van der Waals surface area contributed by atoms with Crippen molar-refractivity contribution in [3.05, 3.63) is 76.9 Å². The third kappa shape index (κ3) is 6.30. The number of benzene rings is 2. The molecule has 166 valence electrons. The molecule has 3 rings (SSSR count). The van der Waals surface area contributed by atoms with Crippen LogP contribution in [0.25, 0.3) is 6.08 Å². The standard InChI is InChI=1S/C26H33NO3S/c1-5-20-6-8-22(9-7-20)18-27(24-16-17-31(29,30)19-24)25(28)15-12-21-10-13-23(14-11-21)26(2,3)4/h6-15,24H,5,16-19H2,1-4H3/b15-12+/t24-/m1/s1. The molecule has 1 aliphatic rings. The molecule has 31 heavy (non-hydrogen) atoms. The lowest BCUT2D eigenvalue weighted by molar-refractivity contribution is -0.128. The summed E-state index contributed by atoms with van der Waals surface area (Å²) < 4.78 is 24.1. The van der Waals surface area contributed by atoms with Gasteiger partial charge in [0.25, 0.3) is 0 Å². The van der Waals surface area contributed by atoms with Crippen LogP contribution >= 0.6 is 0 Å². The highest BCUT2D eigenvalue weighted by molar-refractivity contribution is 7.91. The van der Waals surface area contributed by atoms with Crippen LogP contribution in [0.2, 0.25) is 0 Å². The largest absolute Gasteiger partial charge is 0.331 e. The van der Waals surface area contributed by atoms with Crippen molar-refractivity contribution >= 4 is 21.8 Å². The molecule has 0 unspecified atom stereocenters. The molecule has 4 nitrogen and oxygen atoms in total. The zero-order chi connectivity index (χ0) is 22.6. The molecule has 1 amide bonds. The Bertz CT molecular complexity index is 1030.